The molecule has 1 aromatic carbocycles. The maximum absolute atomic E-state index is 12.9. The normalized spacial score (nSPS) is 18.6. The lowest BCUT2D eigenvalue weighted by Crippen LogP contribution is -2.29. The largest absolute Gasteiger partial charge is 0.416 e. The average molecular weight is 272 g/mol. The van der Waals surface area contributed by atoms with Crippen LogP contribution < -0.4 is 5.32 Å². The molecule has 1 saturated heterocycles. The Kier molecular flexibility index (Phi) is 4.04. The van der Waals surface area contributed by atoms with Crippen LogP contribution in [0.2, 0.25) is 0 Å². The first-order chi connectivity index (χ1) is 8.90. The standard InChI is InChI=1S/C14H19F3N2/c1-18-13-8-11(7-12(9-13)14(15,16)17)10-3-5-19(2)6-4-10/h7-10,18H,3-6H2,1-2H3. The van der Waals surface area contributed by atoms with Crippen LogP contribution in [0.4, 0.5) is 18.9 Å². The van der Waals surface area contributed by atoms with Gasteiger partial charge in [0.2, 0.25) is 0 Å². The van der Waals surface area contributed by atoms with E-state index in [4.69, 9.17) is 0 Å². The number of likely N-dealkylation sites (tertiary alicyclic amines) is 1. The predicted octanol–water partition coefficient (Wildman–Crippen LogP) is 3.56. The molecule has 19 heavy (non-hydrogen) atoms. The monoisotopic (exact) mass is 272 g/mol. The SMILES string of the molecule is CNc1cc(C2CCN(C)CC2)cc(C(F)(F)F)c1. The summed E-state index contributed by atoms with van der Waals surface area (Å²) in [6.45, 7) is 1.88. The fourth-order valence-electron chi connectivity index (χ4n) is 2.54. The minimum absolute atomic E-state index is 0.227. The van der Waals surface area contributed by atoms with Crippen molar-refractivity contribution in [3.63, 3.8) is 0 Å². The summed E-state index contributed by atoms with van der Waals surface area (Å²) in [7, 11) is 3.69. The Bertz CT molecular complexity index is 435. The van der Waals surface area contributed by atoms with Crippen LogP contribution in [0.5, 0.6) is 0 Å². The molecule has 1 aromatic rings. The van der Waals surface area contributed by atoms with Crippen LogP contribution in [-0.4, -0.2) is 32.1 Å². The van der Waals surface area contributed by atoms with E-state index in [9.17, 15) is 13.2 Å². The van der Waals surface area contributed by atoms with Gasteiger partial charge in [0.25, 0.3) is 0 Å². The van der Waals surface area contributed by atoms with Gasteiger partial charge in [-0.1, -0.05) is 0 Å². The van der Waals surface area contributed by atoms with Gasteiger partial charge >= 0.3 is 6.18 Å². The zero-order valence-electron chi connectivity index (χ0n) is 11.2. The highest BCUT2D eigenvalue weighted by Crippen LogP contribution is 2.36. The van der Waals surface area contributed by atoms with Crippen LogP contribution in [0.1, 0.15) is 29.9 Å². The van der Waals surface area contributed by atoms with Crippen molar-refractivity contribution in [1.29, 1.82) is 0 Å². The molecule has 1 aliphatic rings. The molecule has 0 amide bonds. The van der Waals surface area contributed by atoms with Gasteiger partial charge in [-0.15, -0.1) is 0 Å². The summed E-state index contributed by atoms with van der Waals surface area (Å²) in [5.74, 6) is 0.227. The summed E-state index contributed by atoms with van der Waals surface area (Å²) >= 11 is 0. The van der Waals surface area contributed by atoms with Crippen LogP contribution in [-0.2, 0) is 6.18 Å². The van der Waals surface area contributed by atoms with E-state index in [-0.39, 0.29) is 5.92 Å². The number of rotatable bonds is 2. The molecule has 1 aliphatic heterocycles. The molecule has 106 valence electrons. The fourth-order valence-corrected chi connectivity index (χ4v) is 2.54. The molecule has 0 aromatic heterocycles. The van der Waals surface area contributed by atoms with Gasteiger partial charge in [0, 0.05) is 12.7 Å². The molecule has 0 saturated carbocycles. The third-order valence-corrected chi connectivity index (χ3v) is 3.76. The van der Waals surface area contributed by atoms with Crippen molar-refractivity contribution >= 4 is 5.69 Å². The quantitative estimate of drug-likeness (QED) is 0.885. The first-order valence-corrected chi connectivity index (χ1v) is 6.48. The Morgan fingerprint density at radius 2 is 1.79 bits per heavy atom. The Labute approximate surface area is 111 Å². The van der Waals surface area contributed by atoms with Crippen molar-refractivity contribution in [2.75, 3.05) is 32.5 Å². The van der Waals surface area contributed by atoms with Crippen LogP contribution in [0, 0.1) is 0 Å². The van der Waals surface area contributed by atoms with Crippen molar-refractivity contribution in [3.05, 3.63) is 29.3 Å². The number of piperidine rings is 1. The molecule has 1 N–H and O–H groups in total. The molecule has 0 spiro atoms. The van der Waals surface area contributed by atoms with Crippen molar-refractivity contribution in [3.8, 4) is 0 Å². The van der Waals surface area contributed by atoms with E-state index in [2.05, 4.69) is 10.2 Å². The zero-order chi connectivity index (χ0) is 14.0. The number of hydrogen-bond acceptors (Lipinski definition) is 2. The fraction of sp³-hybridized carbons (Fsp3) is 0.571. The summed E-state index contributed by atoms with van der Waals surface area (Å²) in [5, 5.41) is 2.82. The summed E-state index contributed by atoms with van der Waals surface area (Å²) in [6.07, 6.45) is -2.45. The summed E-state index contributed by atoms with van der Waals surface area (Å²) < 4.78 is 38.6. The zero-order valence-corrected chi connectivity index (χ0v) is 11.2. The van der Waals surface area contributed by atoms with Crippen molar-refractivity contribution in [2.24, 2.45) is 0 Å². The average Bonchev–Trinajstić information content (AvgIpc) is 2.38. The van der Waals surface area contributed by atoms with Crippen molar-refractivity contribution in [1.82, 2.24) is 4.90 Å². The Balaban J connectivity index is 2.29. The molecular formula is C14H19F3N2. The highest BCUT2D eigenvalue weighted by Gasteiger charge is 2.32. The number of nitrogens with one attached hydrogen (secondary N) is 1. The Morgan fingerprint density at radius 1 is 1.16 bits per heavy atom. The van der Waals surface area contributed by atoms with E-state index < -0.39 is 11.7 Å². The lowest BCUT2D eigenvalue weighted by atomic mass is 9.88. The van der Waals surface area contributed by atoms with E-state index in [1.54, 1.807) is 7.05 Å². The molecule has 0 bridgehead atoms. The molecule has 0 unspecified atom stereocenters. The molecule has 0 atom stereocenters. The number of hydrogen-bond donors (Lipinski definition) is 1. The van der Waals surface area contributed by atoms with Gasteiger partial charge in [-0.2, -0.15) is 13.2 Å². The summed E-state index contributed by atoms with van der Waals surface area (Å²) in [5.41, 5.74) is 0.768. The molecule has 1 heterocycles. The molecule has 0 radical (unpaired) electrons. The van der Waals surface area contributed by atoms with Crippen molar-refractivity contribution in [2.45, 2.75) is 24.9 Å². The third-order valence-electron chi connectivity index (χ3n) is 3.76. The van der Waals surface area contributed by atoms with Gasteiger partial charge < -0.3 is 10.2 Å². The minimum Gasteiger partial charge on any atom is -0.388 e. The minimum atomic E-state index is -4.28. The lowest BCUT2D eigenvalue weighted by molar-refractivity contribution is -0.137. The van der Waals surface area contributed by atoms with Crippen molar-refractivity contribution < 1.29 is 13.2 Å². The van der Waals surface area contributed by atoms with Gasteiger partial charge in [0.15, 0.2) is 0 Å². The van der Waals surface area contributed by atoms with Gasteiger partial charge in [-0.05, 0) is 62.7 Å². The first-order valence-electron chi connectivity index (χ1n) is 6.48. The van der Waals surface area contributed by atoms with Gasteiger partial charge in [-0.3, -0.25) is 0 Å². The second kappa shape index (κ2) is 5.41. The van der Waals surface area contributed by atoms with Crippen LogP contribution in [0.15, 0.2) is 18.2 Å². The molecular weight excluding hydrogens is 253 g/mol. The summed E-state index contributed by atoms with van der Waals surface area (Å²) in [6, 6.07) is 4.31. The maximum Gasteiger partial charge on any atom is 0.416 e. The van der Waals surface area contributed by atoms with Crippen LogP contribution in [0.3, 0.4) is 0 Å². The van der Waals surface area contributed by atoms with Gasteiger partial charge in [0.1, 0.15) is 0 Å². The number of halogens is 3. The second-order valence-corrected chi connectivity index (χ2v) is 5.17. The number of alkyl halides is 3. The number of anilines is 1. The smallest absolute Gasteiger partial charge is 0.388 e. The maximum atomic E-state index is 12.9. The highest BCUT2D eigenvalue weighted by atomic mass is 19.4. The van der Waals surface area contributed by atoms with E-state index in [1.165, 1.54) is 12.1 Å². The second-order valence-electron chi connectivity index (χ2n) is 5.17. The number of nitrogens with zero attached hydrogens (tertiary/aromatic N) is 1. The van der Waals surface area contributed by atoms with E-state index in [0.717, 1.165) is 31.5 Å². The topological polar surface area (TPSA) is 15.3 Å². The lowest BCUT2D eigenvalue weighted by Gasteiger charge is -2.29. The Hall–Kier alpha value is -1.23. The molecule has 0 aliphatic carbocycles. The molecule has 1 fully saturated rings. The first kappa shape index (κ1) is 14.2. The molecule has 5 heteroatoms. The number of benzene rings is 1. The predicted molar refractivity (Wildman–Crippen MR) is 70.5 cm³/mol. The summed E-state index contributed by atoms with van der Waals surface area (Å²) in [4.78, 5) is 2.21. The van der Waals surface area contributed by atoms with Crippen LogP contribution >= 0.6 is 0 Å². The van der Waals surface area contributed by atoms with E-state index >= 15 is 0 Å². The molecule has 2 rings (SSSR count). The highest BCUT2D eigenvalue weighted by molar-refractivity contribution is 5.50. The van der Waals surface area contributed by atoms with Gasteiger partial charge in [-0.25, -0.2) is 0 Å². The molecule has 2 nitrogen and oxygen atoms in total. The van der Waals surface area contributed by atoms with Crippen LogP contribution in [0.25, 0.3) is 0 Å². The van der Waals surface area contributed by atoms with Gasteiger partial charge in [0.05, 0.1) is 5.56 Å². The Morgan fingerprint density at radius 3 is 2.32 bits per heavy atom. The third kappa shape index (κ3) is 3.41. The van der Waals surface area contributed by atoms with E-state index in [1.807, 2.05) is 13.1 Å². The van der Waals surface area contributed by atoms with E-state index in [0.29, 0.717) is 5.69 Å².